The number of nitrogens with two attached hydrogens (primary N) is 6. The van der Waals surface area contributed by atoms with Crippen LogP contribution in [-0.4, -0.2) is 185 Å². The fourth-order valence-electron chi connectivity index (χ4n) is 9.93. The van der Waals surface area contributed by atoms with Gasteiger partial charge in [0.25, 0.3) is 0 Å². The first kappa shape index (κ1) is 72.8. The summed E-state index contributed by atoms with van der Waals surface area (Å²) in [6.07, 6.45) is 0.332. The second kappa shape index (κ2) is 36.0. The summed E-state index contributed by atoms with van der Waals surface area (Å²) in [4.78, 5) is 134. The lowest BCUT2D eigenvalue weighted by atomic mass is 10.0. The number of likely N-dealkylation sites (tertiary alicyclic amines) is 1. The van der Waals surface area contributed by atoms with Gasteiger partial charge in [-0.25, -0.2) is 8.42 Å². The first-order chi connectivity index (χ1) is 42.1. The Morgan fingerprint density at radius 2 is 1.21 bits per heavy atom. The van der Waals surface area contributed by atoms with Crippen LogP contribution in [0.2, 0.25) is 0 Å². The highest BCUT2D eigenvalue weighted by atomic mass is 32.2. The van der Waals surface area contributed by atoms with Crippen LogP contribution in [-0.2, 0) is 59.6 Å². The molecule has 0 aliphatic carbocycles. The van der Waals surface area contributed by atoms with Gasteiger partial charge in [-0.1, -0.05) is 68.4 Å². The van der Waals surface area contributed by atoms with Crippen molar-refractivity contribution in [3.63, 3.8) is 0 Å². The van der Waals surface area contributed by atoms with Gasteiger partial charge in [0.05, 0.1) is 24.1 Å². The number of hydrogen-bond acceptors (Lipinski definition) is 16. The number of carbonyl (C=O) groups excluding carboxylic acids is 9. The third-order valence-corrected chi connectivity index (χ3v) is 15.9. The van der Waals surface area contributed by atoms with E-state index < -0.39 is 125 Å². The van der Waals surface area contributed by atoms with Gasteiger partial charge in [-0.2, -0.15) is 4.72 Å². The van der Waals surface area contributed by atoms with Crippen LogP contribution in [0.1, 0.15) is 90.5 Å². The highest BCUT2D eigenvalue weighted by molar-refractivity contribution is 7.89. The van der Waals surface area contributed by atoms with Gasteiger partial charge in [-0.3, -0.25) is 53.1 Å². The molecule has 30 nitrogen and oxygen atoms in total. The first-order valence-electron chi connectivity index (χ1n) is 29.5. The zero-order valence-corrected chi connectivity index (χ0v) is 52.0. The van der Waals surface area contributed by atoms with Gasteiger partial charge in [-0.15, -0.1) is 0 Å². The topological polar surface area (TPSA) is 492 Å². The largest absolute Gasteiger partial charge is 0.391 e. The monoisotopic (exact) mass is 1260 g/mol. The van der Waals surface area contributed by atoms with Crippen molar-refractivity contribution < 1.29 is 56.7 Å². The van der Waals surface area contributed by atoms with Crippen LogP contribution >= 0.6 is 0 Å². The standard InChI is InChI=1S/C58H90N18O12S/c1-34(2)30-43(74-89(87,88)46-25-12-18-37-38(46)19-11-23-44(37)75(4)5)56(86)76-29-15-24-45(76)54(84)72-40(20-9-10-26-59)52(82)73-49(35(3)77)55(85)68-32-47(78)67-33-48(79)69-42(31-36-16-7-6-8-17-36)53(83)71-41(22-14-28-66-58(63)64)51(81)70-39(50(60)80)21-13-27-65-57(61)62/h6-8,11-12,16-19,23,25,34-35,39-43,45,49,74,77H,9-10,13-15,20-22,24,26-33,59H2,1-5H3,(H2,60,80)(H,67,78)(H,68,85)(H,69,79)(H,70,81)(H,71,83)(H,72,84)(H,73,82)(H4,61,62,65)(H4,63,64,66)/t35-,39+,40+,41+,42+,43+,45+,49+/m1/s1. The average Bonchev–Trinajstić information content (AvgIpc) is 1.57. The summed E-state index contributed by atoms with van der Waals surface area (Å²) < 4.78 is 31.0. The molecule has 1 fully saturated rings. The van der Waals surface area contributed by atoms with E-state index in [0.717, 1.165) is 5.69 Å². The molecule has 1 saturated heterocycles. The molecular weight excluding hydrogens is 1170 g/mol. The van der Waals surface area contributed by atoms with E-state index in [1.54, 1.807) is 48.5 Å². The highest BCUT2D eigenvalue weighted by Gasteiger charge is 2.41. The van der Waals surface area contributed by atoms with E-state index in [4.69, 9.17) is 34.4 Å². The number of aliphatic hydroxyl groups is 1. The first-order valence-corrected chi connectivity index (χ1v) is 31.0. The Morgan fingerprint density at radius 3 is 1.82 bits per heavy atom. The lowest BCUT2D eigenvalue weighted by molar-refractivity contribution is -0.141. The SMILES string of the molecule is CC(C)C[C@H](NS(=O)(=O)c1cccc2c(N(C)C)cccc12)C(=O)N1CCC[C@H]1C(=O)N[C@@H](CCCCN)C(=O)N[C@H](C(=O)NCC(=O)NCC(=O)N[C@@H](Cc1ccccc1)C(=O)N[C@@H](CCCN=C(N)N)C(=O)N[C@@H](CCCN=C(N)N)C(N)=O)[C@@H](C)O. The van der Waals surface area contributed by atoms with Crippen molar-refractivity contribution in [2.24, 2.45) is 50.3 Å². The fraction of sp³-hybridized carbons (Fsp3) is 0.534. The zero-order valence-electron chi connectivity index (χ0n) is 51.2. The molecule has 3 aromatic rings. The van der Waals surface area contributed by atoms with Crippen LogP contribution in [0, 0.1) is 5.92 Å². The van der Waals surface area contributed by atoms with Crippen molar-refractivity contribution in [3.05, 3.63) is 72.3 Å². The second-order valence-corrected chi connectivity index (χ2v) is 24.0. The maximum absolute atomic E-state index is 14.5. The number of fused-ring (bicyclic) bond motifs is 1. The van der Waals surface area contributed by atoms with Crippen LogP contribution in [0.15, 0.2) is 81.6 Å². The normalized spacial score (nSPS) is 15.4. The number of aliphatic hydroxyl groups excluding tert-OH is 1. The molecule has 0 bridgehead atoms. The second-order valence-electron chi connectivity index (χ2n) is 22.3. The summed E-state index contributed by atoms with van der Waals surface area (Å²) in [6, 6.07) is 9.58. The quantitative estimate of drug-likeness (QED) is 0.0152. The van der Waals surface area contributed by atoms with Gasteiger partial charge in [0, 0.05) is 56.6 Å². The number of nitrogens with one attached hydrogen (secondary N) is 8. The number of primary amides is 1. The Balaban J connectivity index is 1.42. The van der Waals surface area contributed by atoms with Gasteiger partial charge in [0.2, 0.25) is 63.2 Å². The van der Waals surface area contributed by atoms with Gasteiger partial charge < -0.3 is 86.5 Å². The van der Waals surface area contributed by atoms with Crippen molar-refractivity contribution in [2.75, 3.05) is 58.3 Å². The third kappa shape index (κ3) is 23.7. The highest BCUT2D eigenvalue weighted by Crippen LogP contribution is 2.31. The third-order valence-electron chi connectivity index (χ3n) is 14.4. The van der Waals surface area contributed by atoms with Crippen LogP contribution in [0.4, 0.5) is 5.69 Å². The van der Waals surface area contributed by atoms with Crippen molar-refractivity contribution in [1.82, 2.24) is 46.8 Å². The summed E-state index contributed by atoms with van der Waals surface area (Å²) in [5.74, 6) is -7.99. The number of carbonyl (C=O) groups is 9. The molecule has 0 unspecified atom stereocenters. The number of guanidine groups is 2. The maximum atomic E-state index is 14.5. The van der Waals surface area contributed by atoms with Crippen LogP contribution in [0.5, 0.6) is 0 Å². The number of sulfonamides is 1. The molecule has 9 amide bonds. The Hall–Kier alpha value is -8.68. The fourth-order valence-corrected chi connectivity index (χ4v) is 11.4. The summed E-state index contributed by atoms with van der Waals surface area (Å²) in [6.45, 7) is 3.99. The van der Waals surface area contributed by atoms with Crippen molar-refractivity contribution in [1.29, 1.82) is 0 Å². The molecule has 3 aromatic carbocycles. The van der Waals surface area contributed by atoms with Gasteiger partial charge in [-0.05, 0) is 101 Å². The molecule has 1 heterocycles. The zero-order chi connectivity index (χ0) is 66.0. The molecule has 4 rings (SSSR count). The van der Waals surface area contributed by atoms with E-state index in [9.17, 15) is 56.7 Å². The Bertz CT molecular complexity index is 3090. The van der Waals surface area contributed by atoms with Gasteiger partial charge >= 0.3 is 0 Å². The lowest BCUT2D eigenvalue weighted by Crippen LogP contribution is -2.60. The Kier molecular flexibility index (Phi) is 29.4. The van der Waals surface area contributed by atoms with Gasteiger partial charge in [0.15, 0.2) is 11.9 Å². The van der Waals surface area contributed by atoms with E-state index in [0.29, 0.717) is 35.6 Å². The maximum Gasteiger partial charge on any atom is 0.245 e. The predicted molar refractivity (Wildman–Crippen MR) is 336 cm³/mol. The van der Waals surface area contributed by atoms with E-state index in [1.807, 2.05) is 45.0 Å². The molecular formula is C58H90N18O12S. The molecule has 8 atom stereocenters. The number of anilines is 1. The van der Waals surface area contributed by atoms with E-state index >= 15 is 0 Å². The van der Waals surface area contributed by atoms with E-state index in [2.05, 4.69) is 51.9 Å². The minimum Gasteiger partial charge on any atom is -0.391 e. The number of hydrogen-bond donors (Lipinski definition) is 15. The lowest BCUT2D eigenvalue weighted by Gasteiger charge is -2.31. The summed E-state index contributed by atoms with van der Waals surface area (Å²) >= 11 is 0. The van der Waals surface area contributed by atoms with Crippen molar-refractivity contribution in [3.8, 4) is 0 Å². The smallest absolute Gasteiger partial charge is 0.245 e. The van der Waals surface area contributed by atoms with Crippen LogP contribution in [0.25, 0.3) is 10.8 Å². The number of rotatable bonds is 37. The summed E-state index contributed by atoms with van der Waals surface area (Å²) in [7, 11) is -0.634. The molecule has 0 aromatic heterocycles. The summed E-state index contributed by atoms with van der Waals surface area (Å²) in [5.41, 5.74) is 34.4. The average molecular weight is 1260 g/mol. The van der Waals surface area contributed by atoms with Gasteiger partial charge in [0.1, 0.15) is 42.3 Å². The van der Waals surface area contributed by atoms with Crippen molar-refractivity contribution in [2.45, 2.75) is 145 Å². The number of benzene rings is 3. The Labute approximate surface area is 518 Å². The number of amides is 9. The Morgan fingerprint density at radius 1 is 0.640 bits per heavy atom. The summed E-state index contributed by atoms with van der Waals surface area (Å²) in [5, 5.41) is 29.5. The number of nitrogens with zero attached hydrogens (tertiary/aromatic N) is 4. The number of unbranched alkanes of at least 4 members (excludes halogenated alkanes) is 1. The number of aliphatic imine (C=N–C) groups is 2. The van der Waals surface area contributed by atoms with Crippen LogP contribution in [0.3, 0.4) is 0 Å². The molecule has 1 aliphatic heterocycles. The molecule has 31 heteroatoms. The molecule has 0 saturated carbocycles. The predicted octanol–water partition coefficient (Wildman–Crippen LogP) is -3.41. The van der Waals surface area contributed by atoms with Crippen molar-refractivity contribution >= 4 is 91.6 Å². The molecule has 21 N–H and O–H groups in total. The molecule has 0 spiro atoms. The molecule has 89 heavy (non-hydrogen) atoms. The van der Waals surface area contributed by atoms with Crippen LogP contribution < -0.4 is 81.2 Å². The van der Waals surface area contributed by atoms with E-state index in [-0.39, 0.29) is 100 Å². The molecule has 1 aliphatic rings. The minimum atomic E-state index is -4.32. The molecule has 0 radical (unpaired) electrons. The minimum absolute atomic E-state index is 0.0235. The van der Waals surface area contributed by atoms with E-state index in [1.165, 1.54) is 17.9 Å². The molecule has 490 valence electrons.